The first kappa shape index (κ1) is 17.8. The lowest BCUT2D eigenvalue weighted by Gasteiger charge is -2.33. The van der Waals surface area contributed by atoms with Crippen LogP contribution in [-0.2, 0) is 6.54 Å². The summed E-state index contributed by atoms with van der Waals surface area (Å²) in [5, 5.41) is 11.0. The molecule has 2 aromatic heterocycles. The Kier molecular flexibility index (Phi) is 4.96. The van der Waals surface area contributed by atoms with Crippen LogP contribution < -0.4 is 5.32 Å². The number of nitrogens with zero attached hydrogens (tertiary/aromatic N) is 3. The molecule has 0 atom stereocenters. The fourth-order valence-corrected chi connectivity index (χ4v) is 3.76. The predicted molar refractivity (Wildman–Crippen MR) is 107 cm³/mol. The van der Waals surface area contributed by atoms with Gasteiger partial charge < -0.3 is 14.8 Å². The van der Waals surface area contributed by atoms with E-state index in [4.69, 9.17) is 17.0 Å². The zero-order valence-corrected chi connectivity index (χ0v) is 16.1. The predicted octanol–water partition coefficient (Wildman–Crippen LogP) is 3.55. The van der Waals surface area contributed by atoms with Gasteiger partial charge in [0.25, 0.3) is 5.91 Å². The molecule has 3 heterocycles. The van der Waals surface area contributed by atoms with Gasteiger partial charge in [-0.2, -0.15) is 0 Å². The second-order valence-corrected chi connectivity index (χ2v) is 8.01. The number of halogens is 1. The molecule has 1 aliphatic rings. The Labute approximate surface area is 165 Å². The molecule has 0 aliphatic carbocycles. The maximum Gasteiger partial charge on any atom is 0.261 e. The smallest absolute Gasteiger partial charge is 0.261 e. The van der Waals surface area contributed by atoms with E-state index in [2.05, 4.69) is 15.2 Å². The lowest BCUT2D eigenvalue weighted by atomic mass is 10.1. The third-order valence-corrected chi connectivity index (χ3v) is 5.70. The fraction of sp³-hybridized carbons (Fsp3) is 0.211. The quantitative estimate of drug-likeness (QED) is 0.509. The minimum atomic E-state index is -0.157. The van der Waals surface area contributed by atoms with Gasteiger partial charge in [0, 0.05) is 30.5 Å². The molecular formula is C19H18ClN5OS. The summed E-state index contributed by atoms with van der Waals surface area (Å²) >= 11 is 7.11. The first-order valence-corrected chi connectivity index (χ1v) is 9.80. The van der Waals surface area contributed by atoms with E-state index < -0.39 is 0 Å². The van der Waals surface area contributed by atoms with E-state index >= 15 is 0 Å². The summed E-state index contributed by atoms with van der Waals surface area (Å²) in [6, 6.07) is 11.3. The Bertz CT molecular complexity index is 974. The summed E-state index contributed by atoms with van der Waals surface area (Å²) in [6.07, 6.45) is 4.77. The van der Waals surface area contributed by atoms with Crippen molar-refractivity contribution in [2.45, 2.75) is 13.0 Å². The molecule has 1 aliphatic heterocycles. The van der Waals surface area contributed by atoms with Crippen molar-refractivity contribution in [1.29, 1.82) is 5.41 Å². The number of benzene rings is 1. The van der Waals surface area contributed by atoms with Crippen LogP contribution in [0.3, 0.4) is 0 Å². The highest BCUT2D eigenvalue weighted by atomic mass is 35.5. The molecule has 0 bridgehead atoms. The number of nitrogens with one attached hydrogen (secondary N) is 2. The van der Waals surface area contributed by atoms with Gasteiger partial charge in [-0.05, 0) is 42.8 Å². The Morgan fingerprint density at radius 1 is 1.22 bits per heavy atom. The van der Waals surface area contributed by atoms with Crippen LogP contribution in [0.4, 0.5) is 0 Å². The molecule has 6 nitrogen and oxygen atoms in total. The summed E-state index contributed by atoms with van der Waals surface area (Å²) in [7, 11) is 0. The van der Waals surface area contributed by atoms with Gasteiger partial charge in [-0.25, -0.2) is 4.98 Å². The Morgan fingerprint density at radius 3 is 2.63 bits per heavy atom. The van der Waals surface area contributed by atoms with Gasteiger partial charge in [0.2, 0.25) is 0 Å². The Hall–Kier alpha value is -2.64. The highest BCUT2D eigenvalue weighted by Gasteiger charge is 2.18. The molecule has 0 unspecified atom stereocenters. The molecular weight excluding hydrogens is 382 g/mol. The zero-order chi connectivity index (χ0) is 18.8. The third-order valence-electron chi connectivity index (χ3n) is 4.47. The van der Waals surface area contributed by atoms with Crippen molar-refractivity contribution in [2.24, 2.45) is 0 Å². The molecule has 3 aromatic rings. The van der Waals surface area contributed by atoms with Crippen molar-refractivity contribution < 1.29 is 4.79 Å². The van der Waals surface area contributed by atoms with Crippen molar-refractivity contribution >= 4 is 34.7 Å². The number of aromatic nitrogens is 2. The second kappa shape index (κ2) is 7.54. The summed E-state index contributed by atoms with van der Waals surface area (Å²) in [5.41, 5.74) is 2.65. The van der Waals surface area contributed by atoms with Gasteiger partial charge in [0.1, 0.15) is 5.84 Å². The highest BCUT2D eigenvalue weighted by molar-refractivity contribution is 7.17. The van der Waals surface area contributed by atoms with Crippen LogP contribution in [0.2, 0.25) is 4.34 Å². The molecule has 0 saturated carbocycles. The second-order valence-electron chi connectivity index (χ2n) is 6.29. The molecule has 1 aromatic carbocycles. The summed E-state index contributed by atoms with van der Waals surface area (Å²) < 4.78 is 2.50. The number of rotatable bonds is 5. The van der Waals surface area contributed by atoms with Crippen LogP contribution >= 0.6 is 22.9 Å². The van der Waals surface area contributed by atoms with Gasteiger partial charge >= 0.3 is 0 Å². The van der Waals surface area contributed by atoms with Crippen LogP contribution in [-0.4, -0.2) is 39.3 Å². The topological polar surface area (TPSA) is 74.0 Å². The van der Waals surface area contributed by atoms with Crippen LogP contribution in [0.1, 0.15) is 27.3 Å². The molecule has 0 spiro atoms. The fourth-order valence-electron chi connectivity index (χ4n) is 2.80. The third kappa shape index (κ3) is 3.89. The molecule has 1 amide bonds. The zero-order valence-electron chi connectivity index (χ0n) is 14.5. The number of hydrogen-bond donors (Lipinski definition) is 2. The number of hydrogen-bond acceptors (Lipinski definition) is 4. The average Bonchev–Trinajstić information content (AvgIpc) is 3.27. The van der Waals surface area contributed by atoms with Crippen molar-refractivity contribution in [2.75, 3.05) is 13.1 Å². The molecule has 1 saturated heterocycles. The van der Waals surface area contributed by atoms with E-state index in [-0.39, 0.29) is 5.91 Å². The van der Waals surface area contributed by atoms with Gasteiger partial charge in [-0.1, -0.05) is 11.6 Å². The number of likely N-dealkylation sites (tertiary alicyclic amines) is 1. The SMILES string of the molecule is N=C(c1ccc(-n2cnc(CNC(=O)c3ccc(Cl)s3)c2)cc1)N1CCC1. The largest absolute Gasteiger partial charge is 0.356 e. The monoisotopic (exact) mass is 399 g/mol. The normalized spacial score (nSPS) is 13.3. The molecule has 1 fully saturated rings. The van der Waals surface area contributed by atoms with E-state index in [1.165, 1.54) is 11.3 Å². The van der Waals surface area contributed by atoms with Crippen molar-refractivity contribution in [3.8, 4) is 5.69 Å². The molecule has 0 radical (unpaired) electrons. The number of amides is 1. The van der Waals surface area contributed by atoms with Gasteiger partial charge in [0.05, 0.1) is 27.8 Å². The number of imidazole rings is 1. The number of carbonyl (C=O) groups is 1. The van der Waals surface area contributed by atoms with Gasteiger partial charge in [-0.15, -0.1) is 11.3 Å². The molecule has 2 N–H and O–H groups in total. The minimum Gasteiger partial charge on any atom is -0.356 e. The average molecular weight is 400 g/mol. The van der Waals surface area contributed by atoms with Crippen LogP contribution in [0, 0.1) is 5.41 Å². The van der Waals surface area contributed by atoms with E-state index in [1.807, 2.05) is 35.0 Å². The number of thiophene rings is 1. The maximum atomic E-state index is 12.1. The number of carbonyl (C=O) groups excluding carboxylic acids is 1. The molecule has 138 valence electrons. The first-order valence-electron chi connectivity index (χ1n) is 8.61. The standard InChI is InChI=1S/C19H18ClN5OS/c20-17-7-6-16(27-17)19(26)22-10-14-11-25(12-23-14)15-4-2-13(3-5-15)18(21)24-8-1-9-24/h2-7,11-12,21H,1,8-10H2,(H,22,26). The molecule has 8 heteroatoms. The van der Waals surface area contributed by atoms with Crippen LogP contribution in [0.15, 0.2) is 48.9 Å². The minimum absolute atomic E-state index is 0.157. The van der Waals surface area contributed by atoms with Crippen LogP contribution in [0.25, 0.3) is 5.69 Å². The lowest BCUT2D eigenvalue weighted by Crippen LogP contribution is -2.42. The first-order chi connectivity index (χ1) is 13.1. The molecule has 27 heavy (non-hydrogen) atoms. The van der Waals surface area contributed by atoms with E-state index in [1.54, 1.807) is 18.5 Å². The van der Waals surface area contributed by atoms with Gasteiger partial charge in [0.15, 0.2) is 0 Å². The van der Waals surface area contributed by atoms with Crippen molar-refractivity contribution in [3.05, 3.63) is 69.4 Å². The summed E-state index contributed by atoms with van der Waals surface area (Å²) in [4.78, 5) is 19.1. The Balaban J connectivity index is 1.38. The maximum absolute atomic E-state index is 12.1. The summed E-state index contributed by atoms with van der Waals surface area (Å²) in [6.45, 7) is 2.28. The van der Waals surface area contributed by atoms with E-state index in [0.29, 0.717) is 21.6 Å². The van der Waals surface area contributed by atoms with E-state index in [9.17, 15) is 4.79 Å². The summed E-state index contributed by atoms with van der Waals surface area (Å²) in [5.74, 6) is 0.422. The Morgan fingerprint density at radius 2 is 2.00 bits per heavy atom. The highest BCUT2D eigenvalue weighted by Crippen LogP contribution is 2.21. The van der Waals surface area contributed by atoms with Crippen molar-refractivity contribution in [3.63, 3.8) is 0 Å². The van der Waals surface area contributed by atoms with Crippen LogP contribution in [0.5, 0.6) is 0 Å². The number of amidine groups is 1. The van der Waals surface area contributed by atoms with Gasteiger partial charge in [-0.3, -0.25) is 10.2 Å². The lowest BCUT2D eigenvalue weighted by molar-refractivity contribution is 0.0954. The van der Waals surface area contributed by atoms with Crippen molar-refractivity contribution in [1.82, 2.24) is 19.8 Å². The molecule has 4 rings (SSSR count). The van der Waals surface area contributed by atoms with E-state index in [0.717, 1.165) is 36.5 Å².